The number of carbonyl (C=O) groups excluding carboxylic acids is 1. The predicted octanol–water partition coefficient (Wildman–Crippen LogP) is 2.57. The van der Waals surface area contributed by atoms with Gasteiger partial charge >= 0.3 is 0 Å². The van der Waals surface area contributed by atoms with Gasteiger partial charge in [-0.15, -0.1) is 0 Å². The van der Waals surface area contributed by atoms with Crippen molar-refractivity contribution in [1.82, 2.24) is 10.3 Å². The van der Waals surface area contributed by atoms with Crippen molar-refractivity contribution in [2.45, 2.75) is 29.9 Å². The Bertz CT molecular complexity index is 880. The minimum Gasteiger partial charge on any atom is -0.354 e. The summed E-state index contributed by atoms with van der Waals surface area (Å²) >= 11 is 0. The van der Waals surface area contributed by atoms with Gasteiger partial charge in [0, 0.05) is 24.9 Å². The van der Waals surface area contributed by atoms with E-state index in [1.54, 1.807) is 18.3 Å². The van der Waals surface area contributed by atoms with Crippen molar-refractivity contribution >= 4 is 15.7 Å². The summed E-state index contributed by atoms with van der Waals surface area (Å²) in [5, 5.41) is 1.75. The number of pyridine rings is 1. The molecule has 0 saturated heterocycles. The maximum absolute atomic E-state index is 13.5. The largest absolute Gasteiger partial charge is 0.354 e. The summed E-state index contributed by atoms with van der Waals surface area (Å²) in [5.41, 5.74) is 0.744. The van der Waals surface area contributed by atoms with Crippen LogP contribution in [0, 0.1) is 18.7 Å². The quantitative estimate of drug-likeness (QED) is 0.802. The lowest BCUT2D eigenvalue weighted by atomic mass is 10.2. The number of hydrogen-bond donors (Lipinski definition) is 1. The van der Waals surface area contributed by atoms with E-state index in [2.05, 4.69) is 10.3 Å². The van der Waals surface area contributed by atoms with Crippen LogP contribution < -0.4 is 5.32 Å². The second-order valence-corrected chi connectivity index (χ2v) is 8.38. The summed E-state index contributed by atoms with van der Waals surface area (Å²) < 4.78 is 39.7. The van der Waals surface area contributed by atoms with Crippen molar-refractivity contribution in [2.75, 3.05) is 6.54 Å². The van der Waals surface area contributed by atoms with Gasteiger partial charge in [-0.1, -0.05) is 6.07 Å². The monoisotopic (exact) mass is 362 g/mol. The highest BCUT2D eigenvalue weighted by Gasteiger charge is 2.33. The van der Waals surface area contributed by atoms with Gasteiger partial charge in [0.15, 0.2) is 9.84 Å². The molecule has 5 nitrogen and oxygen atoms in total. The van der Waals surface area contributed by atoms with Gasteiger partial charge in [0.25, 0.3) is 0 Å². The first kappa shape index (κ1) is 17.5. The van der Waals surface area contributed by atoms with Crippen molar-refractivity contribution in [3.63, 3.8) is 0 Å². The van der Waals surface area contributed by atoms with Gasteiger partial charge in [0.2, 0.25) is 5.91 Å². The third kappa shape index (κ3) is 3.87. The normalized spacial score (nSPS) is 15.6. The molecule has 3 rings (SSSR count). The van der Waals surface area contributed by atoms with Crippen LogP contribution in [0.15, 0.2) is 47.6 Å². The number of halogens is 1. The Morgan fingerprint density at radius 3 is 2.72 bits per heavy atom. The lowest BCUT2D eigenvalue weighted by Gasteiger charge is -2.19. The zero-order valence-electron chi connectivity index (χ0n) is 13.8. The number of nitrogens with zero attached hydrogens (tertiary/aromatic N) is 1. The Labute approximate surface area is 146 Å². The first-order valence-corrected chi connectivity index (χ1v) is 9.62. The van der Waals surface area contributed by atoms with Crippen LogP contribution in [0.2, 0.25) is 0 Å². The predicted molar refractivity (Wildman–Crippen MR) is 91.0 cm³/mol. The maximum atomic E-state index is 13.5. The van der Waals surface area contributed by atoms with Crippen molar-refractivity contribution in [3.8, 4) is 0 Å². The van der Waals surface area contributed by atoms with E-state index < -0.39 is 20.9 Å². The van der Waals surface area contributed by atoms with Gasteiger partial charge < -0.3 is 5.32 Å². The molecule has 0 spiro atoms. The summed E-state index contributed by atoms with van der Waals surface area (Å²) in [7, 11) is -3.82. The van der Waals surface area contributed by atoms with Gasteiger partial charge in [-0.25, -0.2) is 12.8 Å². The lowest BCUT2D eigenvalue weighted by Crippen LogP contribution is -2.32. The molecule has 0 aliphatic heterocycles. The first-order valence-electron chi connectivity index (χ1n) is 8.07. The SMILES string of the molecule is Cc1cc(S(=O)(=O)C(CNC(=O)C2CC2)c2cccnc2)ccc1F. The second-order valence-electron chi connectivity index (χ2n) is 6.25. The second kappa shape index (κ2) is 6.92. The zero-order chi connectivity index (χ0) is 18.0. The average molecular weight is 362 g/mol. The minimum absolute atomic E-state index is 0.00896. The van der Waals surface area contributed by atoms with E-state index in [4.69, 9.17) is 0 Å². The molecule has 1 amide bonds. The van der Waals surface area contributed by atoms with Crippen molar-refractivity contribution in [1.29, 1.82) is 0 Å². The number of nitrogens with one attached hydrogen (secondary N) is 1. The highest BCUT2D eigenvalue weighted by atomic mass is 32.2. The van der Waals surface area contributed by atoms with Crippen molar-refractivity contribution in [2.24, 2.45) is 5.92 Å². The maximum Gasteiger partial charge on any atom is 0.223 e. The van der Waals surface area contributed by atoms with Gasteiger partial charge in [-0.3, -0.25) is 9.78 Å². The fourth-order valence-electron chi connectivity index (χ4n) is 2.61. The highest BCUT2D eigenvalue weighted by Crippen LogP contribution is 2.31. The molecule has 132 valence electrons. The van der Waals surface area contributed by atoms with Crippen LogP contribution in [0.5, 0.6) is 0 Å². The van der Waals surface area contributed by atoms with Crippen LogP contribution in [-0.4, -0.2) is 25.9 Å². The molecule has 1 heterocycles. The number of rotatable bonds is 6. The van der Waals surface area contributed by atoms with Gasteiger partial charge in [-0.05, 0) is 55.2 Å². The molecule has 0 radical (unpaired) electrons. The molecule has 2 aromatic rings. The Hall–Kier alpha value is -2.28. The van der Waals surface area contributed by atoms with Crippen LogP contribution >= 0.6 is 0 Å². The lowest BCUT2D eigenvalue weighted by molar-refractivity contribution is -0.122. The number of hydrogen-bond acceptors (Lipinski definition) is 4. The summed E-state index contributed by atoms with van der Waals surface area (Å²) in [6.45, 7) is 1.47. The fraction of sp³-hybridized carbons (Fsp3) is 0.333. The molecule has 1 aliphatic carbocycles. The van der Waals surface area contributed by atoms with E-state index in [1.807, 2.05) is 0 Å². The van der Waals surface area contributed by atoms with Crippen LogP contribution in [0.3, 0.4) is 0 Å². The molecule has 1 saturated carbocycles. The number of carbonyl (C=O) groups is 1. The third-order valence-corrected chi connectivity index (χ3v) is 6.40. The van der Waals surface area contributed by atoms with Crippen LogP contribution in [0.25, 0.3) is 0 Å². The Morgan fingerprint density at radius 2 is 2.12 bits per heavy atom. The molecule has 1 aliphatic rings. The molecule has 25 heavy (non-hydrogen) atoms. The van der Waals surface area contributed by atoms with Crippen molar-refractivity contribution < 1.29 is 17.6 Å². The topological polar surface area (TPSA) is 76.1 Å². The van der Waals surface area contributed by atoms with E-state index in [9.17, 15) is 17.6 Å². The summed E-state index contributed by atoms with van der Waals surface area (Å²) in [6.07, 6.45) is 4.71. The van der Waals surface area contributed by atoms with Gasteiger partial charge in [0.05, 0.1) is 4.90 Å². The molecule has 1 N–H and O–H groups in total. The van der Waals surface area contributed by atoms with E-state index in [0.29, 0.717) is 5.56 Å². The summed E-state index contributed by atoms with van der Waals surface area (Å²) in [5.74, 6) is -0.594. The molecule has 1 atom stereocenters. The van der Waals surface area contributed by atoms with Crippen LogP contribution in [0.1, 0.15) is 29.2 Å². The molecule has 1 aromatic carbocycles. The fourth-order valence-corrected chi connectivity index (χ4v) is 4.34. The number of amides is 1. The molecular formula is C18H19FN2O3S. The Balaban J connectivity index is 1.93. The van der Waals surface area contributed by atoms with E-state index in [-0.39, 0.29) is 28.8 Å². The summed E-state index contributed by atoms with van der Waals surface area (Å²) in [4.78, 5) is 15.9. The van der Waals surface area contributed by atoms with Crippen LogP contribution in [0.4, 0.5) is 4.39 Å². The average Bonchev–Trinajstić information content (AvgIpc) is 3.43. The number of aryl methyl sites for hydroxylation is 1. The smallest absolute Gasteiger partial charge is 0.223 e. The van der Waals surface area contributed by atoms with Gasteiger partial charge in [0.1, 0.15) is 11.1 Å². The van der Waals surface area contributed by atoms with E-state index in [0.717, 1.165) is 18.9 Å². The Kier molecular flexibility index (Phi) is 4.85. The minimum atomic E-state index is -3.82. The molecule has 1 fully saturated rings. The zero-order valence-corrected chi connectivity index (χ0v) is 14.6. The molecule has 1 aromatic heterocycles. The molecule has 1 unspecified atom stereocenters. The molecular weight excluding hydrogens is 343 g/mol. The van der Waals surface area contributed by atoms with E-state index in [1.165, 1.54) is 25.3 Å². The van der Waals surface area contributed by atoms with Crippen LogP contribution in [-0.2, 0) is 14.6 Å². The standard InChI is InChI=1S/C18H19FN2O3S/c1-12-9-15(6-7-16(12)19)25(23,24)17(14-3-2-8-20-10-14)11-21-18(22)13-4-5-13/h2-3,6-10,13,17H,4-5,11H2,1H3,(H,21,22). The number of sulfone groups is 1. The summed E-state index contributed by atoms with van der Waals surface area (Å²) in [6, 6.07) is 7.02. The Morgan fingerprint density at radius 1 is 1.36 bits per heavy atom. The number of aromatic nitrogens is 1. The van der Waals surface area contributed by atoms with E-state index >= 15 is 0 Å². The first-order chi connectivity index (χ1) is 11.9. The highest BCUT2D eigenvalue weighted by molar-refractivity contribution is 7.91. The molecule has 7 heteroatoms. The van der Waals surface area contributed by atoms with Crippen molar-refractivity contribution in [3.05, 3.63) is 59.7 Å². The molecule has 0 bridgehead atoms. The third-order valence-electron chi connectivity index (χ3n) is 4.30. The number of benzene rings is 1. The van der Waals surface area contributed by atoms with Gasteiger partial charge in [-0.2, -0.15) is 0 Å².